The zero-order valence-corrected chi connectivity index (χ0v) is 15.5. The van der Waals surface area contributed by atoms with Gasteiger partial charge >= 0.3 is 0 Å². The quantitative estimate of drug-likeness (QED) is 0.639. The number of fused-ring (bicyclic) bond motifs is 1. The van der Waals surface area contributed by atoms with Gasteiger partial charge in [0, 0.05) is 22.2 Å². The Morgan fingerprint density at radius 2 is 2.04 bits per heavy atom. The summed E-state index contributed by atoms with van der Waals surface area (Å²) in [6.07, 6.45) is 5.48. The van der Waals surface area contributed by atoms with Gasteiger partial charge in [0.25, 0.3) is 0 Å². The van der Waals surface area contributed by atoms with Gasteiger partial charge in [-0.15, -0.1) is 0 Å². The monoisotopic (exact) mass is 325 g/mol. The molecule has 1 aromatic carbocycles. The predicted molar refractivity (Wildman–Crippen MR) is 103 cm³/mol. The van der Waals surface area contributed by atoms with Crippen LogP contribution < -0.4 is 0 Å². The van der Waals surface area contributed by atoms with E-state index in [0.29, 0.717) is 11.8 Å². The maximum atomic E-state index is 15.1. The van der Waals surface area contributed by atoms with Crippen molar-refractivity contribution in [3.8, 4) is 0 Å². The Hall–Kier alpha value is -1.83. The van der Waals surface area contributed by atoms with Gasteiger partial charge in [0.1, 0.15) is 5.82 Å². The van der Waals surface area contributed by atoms with Crippen LogP contribution >= 0.6 is 0 Å². The molecule has 128 valence electrons. The van der Waals surface area contributed by atoms with E-state index in [4.69, 9.17) is 0 Å². The Kier molecular flexibility index (Phi) is 4.42. The van der Waals surface area contributed by atoms with Gasteiger partial charge in [0.15, 0.2) is 0 Å². The van der Waals surface area contributed by atoms with Gasteiger partial charge in [0.2, 0.25) is 0 Å². The van der Waals surface area contributed by atoms with Gasteiger partial charge in [-0.3, -0.25) is 0 Å². The van der Waals surface area contributed by atoms with Crippen LogP contribution in [0.25, 0.3) is 22.0 Å². The number of allylic oxidation sites excluding steroid dienone is 3. The van der Waals surface area contributed by atoms with Crippen molar-refractivity contribution in [1.82, 2.24) is 4.98 Å². The van der Waals surface area contributed by atoms with E-state index in [0.717, 1.165) is 51.7 Å². The second-order valence-electron chi connectivity index (χ2n) is 7.70. The number of hydrogen-bond donors (Lipinski definition) is 1. The van der Waals surface area contributed by atoms with Gasteiger partial charge in [-0.05, 0) is 74.6 Å². The number of aromatic amines is 1. The maximum absolute atomic E-state index is 15.1. The topological polar surface area (TPSA) is 15.8 Å². The first-order valence-electron chi connectivity index (χ1n) is 8.97. The Bertz CT molecular complexity index is 836. The molecule has 2 aromatic rings. The number of benzene rings is 1. The van der Waals surface area contributed by atoms with Gasteiger partial charge in [-0.25, -0.2) is 4.39 Å². The van der Waals surface area contributed by atoms with Crippen molar-refractivity contribution in [1.29, 1.82) is 0 Å². The molecule has 1 aliphatic rings. The summed E-state index contributed by atoms with van der Waals surface area (Å²) >= 11 is 0. The zero-order valence-electron chi connectivity index (χ0n) is 15.5. The Morgan fingerprint density at radius 1 is 1.33 bits per heavy atom. The van der Waals surface area contributed by atoms with Crippen molar-refractivity contribution in [3.05, 3.63) is 46.9 Å². The number of halogens is 1. The fourth-order valence-corrected chi connectivity index (χ4v) is 3.99. The minimum absolute atomic E-state index is 0.113. The normalized spacial score (nSPS) is 18.3. The third-order valence-electron chi connectivity index (χ3n) is 5.66. The molecule has 1 atom stereocenters. The second-order valence-corrected chi connectivity index (χ2v) is 7.70. The maximum Gasteiger partial charge on any atom is 0.132 e. The fourth-order valence-electron chi connectivity index (χ4n) is 3.99. The fraction of sp³-hybridized carbons (Fsp3) is 0.455. The highest BCUT2D eigenvalue weighted by atomic mass is 19.1. The van der Waals surface area contributed by atoms with Crippen molar-refractivity contribution in [2.24, 2.45) is 11.8 Å². The van der Waals surface area contributed by atoms with E-state index in [-0.39, 0.29) is 5.82 Å². The first-order chi connectivity index (χ1) is 11.3. The SMILES string of the molecule is C=C(C)c1cc(F)c(C2=CCCC(C(C)C)C2)c2c(C)c(C)[nH]c12. The van der Waals surface area contributed by atoms with E-state index >= 15 is 4.39 Å². The van der Waals surface area contributed by atoms with Crippen molar-refractivity contribution in [2.45, 2.75) is 53.9 Å². The van der Waals surface area contributed by atoms with Crippen LogP contribution in [0.1, 0.15) is 62.4 Å². The molecule has 0 fully saturated rings. The van der Waals surface area contributed by atoms with E-state index < -0.39 is 0 Å². The van der Waals surface area contributed by atoms with Gasteiger partial charge in [-0.2, -0.15) is 0 Å². The van der Waals surface area contributed by atoms with Gasteiger partial charge in [0.05, 0.1) is 5.52 Å². The molecule has 24 heavy (non-hydrogen) atoms. The standard InChI is InChI=1S/C22H28FN/c1-12(2)16-8-7-9-17(10-16)21-19(23)11-18(13(3)4)22-20(21)14(5)15(6)24-22/h9,11-12,16,24H,3,7-8,10H2,1-2,4-6H3. The lowest BCUT2D eigenvalue weighted by Gasteiger charge is -2.27. The number of hydrogen-bond acceptors (Lipinski definition) is 0. The van der Waals surface area contributed by atoms with Crippen molar-refractivity contribution in [3.63, 3.8) is 0 Å². The van der Waals surface area contributed by atoms with Crippen LogP contribution in [-0.4, -0.2) is 4.98 Å². The molecule has 1 heterocycles. The molecular formula is C22H28FN. The molecule has 2 heteroatoms. The number of nitrogens with one attached hydrogen (secondary N) is 1. The summed E-state index contributed by atoms with van der Waals surface area (Å²) in [5.41, 5.74) is 7.05. The summed E-state index contributed by atoms with van der Waals surface area (Å²) in [4.78, 5) is 3.46. The number of aryl methyl sites for hydroxylation is 2. The molecule has 0 spiro atoms. The molecule has 0 saturated heterocycles. The lowest BCUT2D eigenvalue weighted by molar-refractivity contribution is 0.361. The molecule has 0 bridgehead atoms. The van der Waals surface area contributed by atoms with Crippen LogP contribution in [-0.2, 0) is 0 Å². The Balaban J connectivity index is 2.25. The highest BCUT2D eigenvalue weighted by Crippen LogP contribution is 2.41. The van der Waals surface area contributed by atoms with Crippen molar-refractivity contribution < 1.29 is 4.39 Å². The number of aromatic nitrogens is 1. The first-order valence-corrected chi connectivity index (χ1v) is 8.97. The lowest BCUT2D eigenvalue weighted by atomic mass is 9.78. The molecule has 1 nitrogen and oxygen atoms in total. The Morgan fingerprint density at radius 3 is 2.67 bits per heavy atom. The van der Waals surface area contributed by atoms with Crippen LogP contribution in [0.4, 0.5) is 4.39 Å². The summed E-state index contributed by atoms with van der Waals surface area (Å²) in [7, 11) is 0. The molecule has 3 rings (SSSR count). The molecule has 1 aromatic heterocycles. The van der Waals surface area contributed by atoms with Crippen LogP contribution in [0.15, 0.2) is 18.7 Å². The molecule has 0 aliphatic heterocycles. The molecule has 0 radical (unpaired) electrons. The smallest absolute Gasteiger partial charge is 0.132 e. The van der Waals surface area contributed by atoms with Crippen LogP contribution in [0, 0.1) is 31.5 Å². The Labute approximate surface area is 144 Å². The average Bonchev–Trinajstić information content (AvgIpc) is 2.82. The second kappa shape index (κ2) is 6.23. The molecular weight excluding hydrogens is 297 g/mol. The molecule has 1 N–H and O–H groups in total. The lowest BCUT2D eigenvalue weighted by Crippen LogP contribution is -2.13. The average molecular weight is 325 g/mol. The third kappa shape index (κ3) is 2.72. The first kappa shape index (κ1) is 17.0. The minimum atomic E-state index is -0.113. The largest absolute Gasteiger partial charge is 0.358 e. The number of H-pyrrole nitrogens is 1. The van der Waals surface area contributed by atoms with E-state index in [9.17, 15) is 0 Å². The van der Waals surface area contributed by atoms with Crippen LogP contribution in [0.3, 0.4) is 0 Å². The molecule has 0 amide bonds. The highest BCUT2D eigenvalue weighted by molar-refractivity contribution is 6.01. The molecule has 1 unspecified atom stereocenters. The van der Waals surface area contributed by atoms with Gasteiger partial charge < -0.3 is 4.98 Å². The number of rotatable bonds is 3. The highest BCUT2D eigenvalue weighted by Gasteiger charge is 2.25. The summed E-state index contributed by atoms with van der Waals surface area (Å²) in [6.45, 7) is 14.7. The van der Waals surface area contributed by atoms with E-state index in [1.54, 1.807) is 6.07 Å². The summed E-state index contributed by atoms with van der Waals surface area (Å²) in [5.74, 6) is 1.16. The van der Waals surface area contributed by atoms with Crippen LogP contribution in [0.2, 0.25) is 0 Å². The molecule has 1 aliphatic carbocycles. The van der Waals surface area contributed by atoms with Crippen LogP contribution in [0.5, 0.6) is 0 Å². The third-order valence-corrected chi connectivity index (χ3v) is 5.66. The van der Waals surface area contributed by atoms with Gasteiger partial charge in [-0.1, -0.05) is 26.5 Å². The summed E-state index contributed by atoms with van der Waals surface area (Å²) in [6, 6.07) is 1.66. The zero-order chi connectivity index (χ0) is 17.6. The predicted octanol–water partition coefficient (Wildman–Crippen LogP) is 6.80. The minimum Gasteiger partial charge on any atom is -0.358 e. The molecule has 0 saturated carbocycles. The van der Waals surface area contributed by atoms with E-state index in [1.807, 2.05) is 6.92 Å². The van der Waals surface area contributed by atoms with E-state index in [2.05, 4.69) is 45.3 Å². The summed E-state index contributed by atoms with van der Waals surface area (Å²) in [5, 5.41) is 1.04. The summed E-state index contributed by atoms with van der Waals surface area (Å²) < 4.78 is 15.1. The van der Waals surface area contributed by atoms with Crippen molar-refractivity contribution >= 4 is 22.0 Å². The van der Waals surface area contributed by atoms with Crippen molar-refractivity contribution in [2.75, 3.05) is 0 Å². The van der Waals surface area contributed by atoms with E-state index in [1.165, 1.54) is 12.0 Å².